The average Bonchev–Trinajstić information content (AvgIpc) is 3.51. The van der Waals surface area contributed by atoms with Crippen molar-refractivity contribution in [3.63, 3.8) is 0 Å². The molecule has 3 heterocycles. The molecule has 10 nitrogen and oxygen atoms in total. The van der Waals surface area contributed by atoms with E-state index in [1.807, 2.05) is 24.3 Å². The Morgan fingerprint density at radius 1 is 0.947 bits per heavy atom. The first kappa shape index (κ1) is 24.9. The van der Waals surface area contributed by atoms with Gasteiger partial charge in [-0.2, -0.15) is 0 Å². The summed E-state index contributed by atoms with van der Waals surface area (Å²) in [6.07, 6.45) is 1.50. The molecule has 0 aliphatic carbocycles. The number of ether oxygens (including phenoxy) is 3. The molecule has 0 atom stereocenters. The second kappa shape index (κ2) is 11.1. The van der Waals surface area contributed by atoms with Crippen molar-refractivity contribution >= 4 is 34.2 Å². The zero-order chi connectivity index (χ0) is 26.5. The van der Waals surface area contributed by atoms with E-state index in [-0.39, 0.29) is 18.4 Å². The second-order valence-electron chi connectivity index (χ2n) is 8.66. The highest BCUT2D eigenvalue weighted by Gasteiger charge is 2.24. The number of amides is 2. The minimum atomic E-state index is -0.334. The SMILES string of the molecule is COc1ccc(NC(=O)COc2cccc3ccc(N4CCN(C(=O)c5ccco5)CC4)nc23)c(OC)c1. The number of piperazine rings is 1. The van der Waals surface area contributed by atoms with Crippen molar-refractivity contribution in [3.8, 4) is 17.2 Å². The zero-order valence-electron chi connectivity index (χ0n) is 21.2. The van der Waals surface area contributed by atoms with Gasteiger partial charge in [-0.3, -0.25) is 9.59 Å². The number of nitrogens with one attached hydrogen (secondary N) is 1. The van der Waals surface area contributed by atoms with Gasteiger partial charge in [0.05, 0.1) is 26.2 Å². The summed E-state index contributed by atoms with van der Waals surface area (Å²) in [5.74, 6) is 2.30. The number of benzene rings is 2. The van der Waals surface area contributed by atoms with Crippen LogP contribution in [0.15, 0.2) is 71.3 Å². The molecule has 1 saturated heterocycles. The number of hydrogen-bond donors (Lipinski definition) is 1. The van der Waals surface area contributed by atoms with Gasteiger partial charge in [-0.15, -0.1) is 0 Å². The van der Waals surface area contributed by atoms with Crippen LogP contribution in [0.1, 0.15) is 10.6 Å². The van der Waals surface area contributed by atoms with Crippen LogP contribution in [0, 0.1) is 0 Å². The molecule has 0 bridgehead atoms. The molecule has 0 radical (unpaired) electrons. The van der Waals surface area contributed by atoms with Gasteiger partial charge in [-0.05, 0) is 42.5 Å². The summed E-state index contributed by atoms with van der Waals surface area (Å²) in [5.41, 5.74) is 1.18. The molecule has 0 spiro atoms. The van der Waals surface area contributed by atoms with E-state index in [0.717, 1.165) is 11.2 Å². The van der Waals surface area contributed by atoms with Crippen molar-refractivity contribution in [2.45, 2.75) is 0 Å². The summed E-state index contributed by atoms with van der Waals surface area (Å²) in [4.78, 5) is 34.0. The third kappa shape index (κ3) is 5.34. The molecule has 1 N–H and O–H groups in total. The lowest BCUT2D eigenvalue weighted by atomic mass is 10.2. The number of carbonyl (C=O) groups is 2. The van der Waals surface area contributed by atoms with Gasteiger partial charge in [0.25, 0.3) is 11.8 Å². The van der Waals surface area contributed by atoms with Gasteiger partial charge in [0, 0.05) is 37.6 Å². The number of pyridine rings is 1. The quantitative estimate of drug-likeness (QED) is 0.377. The van der Waals surface area contributed by atoms with E-state index < -0.39 is 0 Å². The Kier molecular flexibility index (Phi) is 7.30. The third-order valence-electron chi connectivity index (χ3n) is 6.33. The minimum absolute atomic E-state index is 0.109. The summed E-state index contributed by atoms with van der Waals surface area (Å²) < 4.78 is 21.7. The Morgan fingerprint density at radius 2 is 1.79 bits per heavy atom. The van der Waals surface area contributed by atoms with Crippen LogP contribution in [0.25, 0.3) is 10.9 Å². The summed E-state index contributed by atoms with van der Waals surface area (Å²) in [6.45, 7) is 2.20. The first-order valence-electron chi connectivity index (χ1n) is 12.2. The Hall–Kier alpha value is -4.73. The van der Waals surface area contributed by atoms with Crippen LogP contribution < -0.4 is 24.4 Å². The van der Waals surface area contributed by atoms with E-state index in [4.69, 9.17) is 23.6 Å². The van der Waals surface area contributed by atoms with Crippen LogP contribution in [0.5, 0.6) is 17.2 Å². The van der Waals surface area contributed by atoms with Crippen molar-refractivity contribution < 1.29 is 28.2 Å². The van der Waals surface area contributed by atoms with Crippen molar-refractivity contribution in [2.24, 2.45) is 0 Å². The molecule has 5 rings (SSSR count). The predicted octanol–water partition coefficient (Wildman–Crippen LogP) is 3.82. The molecule has 10 heteroatoms. The highest BCUT2D eigenvalue weighted by molar-refractivity contribution is 5.94. The Morgan fingerprint density at radius 3 is 2.53 bits per heavy atom. The second-order valence-corrected chi connectivity index (χ2v) is 8.66. The largest absolute Gasteiger partial charge is 0.497 e. The average molecular weight is 517 g/mol. The molecule has 1 aliphatic rings. The van der Waals surface area contributed by atoms with Crippen LogP contribution in [0.3, 0.4) is 0 Å². The molecular weight excluding hydrogens is 488 g/mol. The summed E-state index contributed by atoms with van der Waals surface area (Å²) in [6, 6.07) is 18.1. The Balaban J connectivity index is 1.25. The van der Waals surface area contributed by atoms with Crippen LogP contribution in [0.2, 0.25) is 0 Å². The topological polar surface area (TPSA) is 106 Å². The van der Waals surface area contributed by atoms with Gasteiger partial charge in [0.15, 0.2) is 12.4 Å². The maximum Gasteiger partial charge on any atom is 0.289 e. The number of methoxy groups -OCH3 is 2. The lowest BCUT2D eigenvalue weighted by Gasteiger charge is -2.35. The molecule has 2 aromatic carbocycles. The van der Waals surface area contributed by atoms with Crippen LogP contribution in [-0.4, -0.2) is 68.7 Å². The summed E-state index contributed by atoms with van der Waals surface area (Å²) >= 11 is 0. The van der Waals surface area contributed by atoms with Gasteiger partial charge < -0.3 is 33.7 Å². The van der Waals surface area contributed by atoms with E-state index in [0.29, 0.717) is 60.4 Å². The fraction of sp³-hybridized carbons (Fsp3) is 0.250. The van der Waals surface area contributed by atoms with Crippen molar-refractivity contribution in [2.75, 3.05) is 57.2 Å². The lowest BCUT2D eigenvalue weighted by molar-refractivity contribution is -0.118. The maximum atomic E-state index is 12.6. The zero-order valence-corrected chi connectivity index (χ0v) is 21.2. The number of anilines is 2. The van der Waals surface area contributed by atoms with E-state index in [2.05, 4.69) is 10.2 Å². The lowest BCUT2D eigenvalue weighted by Crippen LogP contribution is -2.49. The van der Waals surface area contributed by atoms with Gasteiger partial charge in [0.2, 0.25) is 0 Å². The molecule has 0 unspecified atom stereocenters. The summed E-state index contributed by atoms with van der Waals surface area (Å²) in [7, 11) is 3.09. The number of furan rings is 1. The standard InChI is InChI=1S/C28H28N4O6/c1-35-20-9-10-21(24(17-20)36-2)29-26(33)18-38-22-6-3-5-19-8-11-25(30-27(19)22)31-12-14-32(15-13-31)28(34)23-7-4-16-37-23/h3-11,16-17H,12-15,18H2,1-2H3,(H,29,33). The van der Waals surface area contributed by atoms with Gasteiger partial charge >= 0.3 is 0 Å². The number of fused-ring (bicyclic) bond motifs is 1. The molecule has 0 saturated carbocycles. The van der Waals surface area contributed by atoms with Crippen molar-refractivity contribution in [1.82, 2.24) is 9.88 Å². The number of para-hydroxylation sites is 1. The molecular formula is C28H28N4O6. The van der Waals surface area contributed by atoms with Crippen molar-refractivity contribution in [1.29, 1.82) is 0 Å². The Bertz CT molecular complexity index is 1430. The van der Waals surface area contributed by atoms with E-state index in [1.165, 1.54) is 13.4 Å². The van der Waals surface area contributed by atoms with Gasteiger partial charge in [0.1, 0.15) is 28.6 Å². The fourth-order valence-electron chi connectivity index (χ4n) is 4.33. The number of hydrogen-bond acceptors (Lipinski definition) is 8. The van der Waals surface area contributed by atoms with Crippen LogP contribution in [-0.2, 0) is 4.79 Å². The van der Waals surface area contributed by atoms with Gasteiger partial charge in [-0.25, -0.2) is 4.98 Å². The number of nitrogens with zero attached hydrogens (tertiary/aromatic N) is 3. The normalized spacial score (nSPS) is 13.3. The molecule has 2 aromatic heterocycles. The molecule has 4 aromatic rings. The molecule has 1 aliphatic heterocycles. The third-order valence-corrected chi connectivity index (χ3v) is 6.33. The smallest absolute Gasteiger partial charge is 0.289 e. The van der Waals surface area contributed by atoms with Crippen LogP contribution >= 0.6 is 0 Å². The molecule has 196 valence electrons. The highest BCUT2D eigenvalue weighted by atomic mass is 16.5. The van der Waals surface area contributed by atoms with Gasteiger partial charge in [-0.1, -0.05) is 12.1 Å². The maximum absolute atomic E-state index is 12.6. The first-order chi connectivity index (χ1) is 18.6. The van der Waals surface area contributed by atoms with E-state index in [9.17, 15) is 9.59 Å². The number of aromatic nitrogens is 1. The minimum Gasteiger partial charge on any atom is -0.497 e. The van der Waals surface area contributed by atoms with Crippen molar-refractivity contribution in [3.05, 3.63) is 72.7 Å². The first-order valence-corrected chi connectivity index (χ1v) is 12.2. The summed E-state index contributed by atoms with van der Waals surface area (Å²) in [5, 5.41) is 3.70. The monoisotopic (exact) mass is 516 g/mol. The Labute approximate surface area is 219 Å². The van der Waals surface area contributed by atoms with E-state index in [1.54, 1.807) is 48.4 Å². The molecule has 2 amide bonds. The van der Waals surface area contributed by atoms with Crippen LogP contribution in [0.4, 0.5) is 11.5 Å². The van der Waals surface area contributed by atoms with E-state index >= 15 is 0 Å². The number of rotatable bonds is 8. The molecule has 38 heavy (non-hydrogen) atoms. The predicted molar refractivity (Wildman–Crippen MR) is 142 cm³/mol. The highest BCUT2D eigenvalue weighted by Crippen LogP contribution is 2.30. The fourth-order valence-corrected chi connectivity index (χ4v) is 4.33. The molecule has 1 fully saturated rings. The number of carbonyl (C=O) groups excluding carboxylic acids is 2.